The molecule has 22 heavy (non-hydrogen) atoms. The maximum atomic E-state index is 12.5. The van der Waals surface area contributed by atoms with Gasteiger partial charge in [0.05, 0.1) is 6.04 Å². The summed E-state index contributed by atoms with van der Waals surface area (Å²) in [6.07, 6.45) is 4.65. The number of carbonyl (C=O) groups excluding carboxylic acids is 1. The summed E-state index contributed by atoms with van der Waals surface area (Å²) in [5.74, 6) is 0.919. The molecule has 1 atom stereocenters. The molecular formula is C17H27N3O2. The third kappa shape index (κ3) is 3.90. The van der Waals surface area contributed by atoms with Gasteiger partial charge >= 0.3 is 6.09 Å². The average molecular weight is 305 g/mol. The van der Waals surface area contributed by atoms with Gasteiger partial charge in [-0.05, 0) is 46.1 Å². The van der Waals surface area contributed by atoms with Crippen molar-refractivity contribution in [1.29, 1.82) is 0 Å². The van der Waals surface area contributed by atoms with Crippen LogP contribution >= 0.6 is 0 Å². The van der Waals surface area contributed by atoms with E-state index in [1.54, 1.807) is 6.20 Å². The first-order valence-corrected chi connectivity index (χ1v) is 7.91. The second-order valence-electron chi connectivity index (χ2n) is 7.00. The quantitative estimate of drug-likeness (QED) is 0.837. The highest BCUT2D eigenvalue weighted by atomic mass is 16.6. The van der Waals surface area contributed by atoms with Gasteiger partial charge in [0.25, 0.3) is 0 Å². The number of likely N-dealkylation sites (tertiary alicyclic amines) is 1. The number of nitrogens with zero attached hydrogens (tertiary/aromatic N) is 3. The number of hydrogen-bond donors (Lipinski definition) is 0. The Morgan fingerprint density at radius 3 is 2.73 bits per heavy atom. The molecule has 0 aromatic carbocycles. The molecule has 0 saturated carbocycles. The Morgan fingerprint density at radius 1 is 1.36 bits per heavy atom. The van der Waals surface area contributed by atoms with Crippen molar-refractivity contribution in [2.24, 2.45) is 0 Å². The van der Waals surface area contributed by atoms with Gasteiger partial charge in [0, 0.05) is 32.4 Å². The third-order valence-corrected chi connectivity index (χ3v) is 3.73. The minimum Gasteiger partial charge on any atom is -0.444 e. The number of pyridine rings is 1. The third-order valence-electron chi connectivity index (χ3n) is 3.73. The first kappa shape index (κ1) is 16.6. The Labute approximate surface area is 133 Å². The van der Waals surface area contributed by atoms with E-state index < -0.39 is 5.60 Å². The molecule has 1 fully saturated rings. The molecular weight excluding hydrogens is 278 g/mol. The van der Waals surface area contributed by atoms with Crippen LogP contribution in [0.2, 0.25) is 0 Å². The Morgan fingerprint density at radius 2 is 2.09 bits per heavy atom. The summed E-state index contributed by atoms with van der Waals surface area (Å²) in [5, 5.41) is 0. The van der Waals surface area contributed by atoms with Gasteiger partial charge in [-0.3, -0.25) is 0 Å². The number of hydrogen-bond acceptors (Lipinski definition) is 4. The first-order chi connectivity index (χ1) is 10.3. The molecule has 0 bridgehead atoms. The zero-order valence-corrected chi connectivity index (χ0v) is 14.3. The largest absolute Gasteiger partial charge is 0.444 e. The highest BCUT2D eigenvalue weighted by molar-refractivity contribution is 5.69. The van der Waals surface area contributed by atoms with Crippen LogP contribution < -0.4 is 4.90 Å². The standard InChI is InChI=1S/C17H27N3O2/c1-17(2,3)22-16(21)20-12-7-6-10-14(20)13-9-8-11-18-15(13)19(4)5/h8-9,11,14H,6-7,10,12H2,1-5H3/t14-/m0/s1. The lowest BCUT2D eigenvalue weighted by Gasteiger charge is -2.38. The summed E-state index contributed by atoms with van der Waals surface area (Å²) >= 11 is 0. The number of aromatic nitrogens is 1. The molecule has 1 aromatic rings. The smallest absolute Gasteiger partial charge is 0.410 e. The summed E-state index contributed by atoms with van der Waals surface area (Å²) in [5.41, 5.74) is 0.622. The van der Waals surface area contributed by atoms with Crippen molar-refractivity contribution in [3.05, 3.63) is 23.9 Å². The highest BCUT2D eigenvalue weighted by Gasteiger charge is 2.33. The van der Waals surface area contributed by atoms with Crippen molar-refractivity contribution < 1.29 is 9.53 Å². The van der Waals surface area contributed by atoms with E-state index in [4.69, 9.17) is 4.74 Å². The molecule has 0 spiro atoms. The van der Waals surface area contributed by atoms with E-state index in [9.17, 15) is 4.79 Å². The van der Waals surface area contributed by atoms with Gasteiger partial charge in [0.1, 0.15) is 11.4 Å². The predicted molar refractivity (Wildman–Crippen MR) is 88.1 cm³/mol. The fourth-order valence-electron chi connectivity index (χ4n) is 2.84. The van der Waals surface area contributed by atoms with E-state index in [0.29, 0.717) is 0 Å². The molecule has 1 aliphatic rings. The van der Waals surface area contributed by atoms with E-state index in [1.165, 1.54) is 0 Å². The number of ether oxygens (including phenoxy) is 1. The highest BCUT2D eigenvalue weighted by Crippen LogP contribution is 2.35. The Bertz CT molecular complexity index is 523. The van der Waals surface area contributed by atoms with Gasteiger partial charge in [-0.2, -0.15) is 0 Å². The summed E-state index contributed by atoms with van der Waals surface area (Å²) in [7, 11) is 3.96. The number of carbonyl (C=O) groups is 1. The van der Waals surface area contributed by atoms with Crippen LogP contribution in [0.4, 0.5) is 10.6 Å². The van der Waals surface area contributed by atoms with Crippen molar-refractivity contribution >= 4 is 11.9 Å². The minimum absolute atomic E-state index is 0.0368. The van der Waals surface area contributed by atoms with Crippen molar-refractivity contribution in [3.63, 3.8) is 0 Å². The molecule has 2 rings (SSSR count). The van der Waals surface area contributed by atoms with E-state index >= 15 is 0 Å². The van der Waals surface area contributed by atoms with Crippen molar-refractivity contribution in [2.75, 3.05) is 25.5 Å². The van der Waals surface area contributed by atoms with Gasteiger partial charge in [-0.1, -0.05) is 6.07 Å². The molecule has 1 aromatic heterocycles. The SMILES string of the molecule is CN(C)c1ncccc1[C@@H]1CCCCN1C(=O)OC(C)(C)C. The van der Waals surface area contributed by atoms with Gasteiger partial charge in [-0.25, -0.2) is 9.78 Å². The molecule has 5 nitrogen and oxygen atoms in total. The maximum absolute atomic E-state index is 12.5. The second kappa shape index (κ2) is 6.55. The van der Waals surface area contributed by atoms with E-state index in [2.05, 4.69) is 11.1 Å². The molecule has 1 aliphatic heterocycles. The second-order valence-corrected chi connectivity index (χ2v) is 7.00. The lowest BCUT2D eigenvalue weighted by molar-refractivity contribution is 0.00955. The molecule has 2 heterocycles. The monoisotopic (exact) mass is 305 g/mol. The number of piperidine rings is 1. The van der Waals surface area contributed by atoms with Crippen LogP contribution in [0, 0.1) is 0 Å². The molecule has 5 heteroatoms. The van der Waals surface area contributed by atoms with Crippen LogP contribution in [-0.2, 0) is 4.74 Å². The molecule has 1 saturated heterocycles. The van der Waals surface area contributed by atoms with E-state index in [-0.39, 0.29) is 12.1 Å². The minimum atomic E-state index is -0.474. The number of rotatable bonds is 2. The number of amides is 1. The van der Waals surface area contributed by atoms with Crippen LogP contribution in [-0.4, -0.2) is 42.2 Å². The van der Waals surface area contributed by atoms with Gasteiger partial charge < -0.3 is 14.5 Å². The van der Waals surface area contributed by atoms with Gasteiger partial charge in [0.15, 0.2) is 0 Å². The first-order valence-electron chi connectivity index (χ1n) is 7.91. The predicted octanol–water partition coefficient (Wildman–Crippen LogP) is 3.61. The fourth-order valence-corrected chi connectivity index (χ4v) is 2.84. The molecule has 0 unspecified atom stereocenters. The normalized spacial score (nSPS) is 19.0. The molecule has 0 N–H and O–H groups in total. The van der Waals surface area contributed by atoms with Crippen LogP contribution in [0.5, 0.6) is 0 Å². The van der Waals surface area contributed by atoms with Crippen molar-refractivity contribution in [2.45, 2.75) is 51.7 Å². The lowest BCUT2D eigenvalue weighted by Crippen LogP contribution is -2.42. The molecule has 0 radical (unpaired) electrons. The maximum Gasteiger partial charge on any atom is 0.410 e. The summed E-state index contributed by atoms with van der Waals surface area (Å²) < 4.78 is 5.58. The summed E-state index contributed by atoms with van der Waals surface area (Å²) in [6, 6.07) is 4.04. The zero-order valence-electron chi connectivity index (χ0n) is 14.3. The number of anilines is 1. The topological polar surface area (TPSA) is 45.7 Å². The van der Waals surface area contributed by atoms with E-state index in [0.717, 1.165) is 37.2 Å². The van der Waals surface area contributed by atoms with Crippen LogP contribution in [0.25, 0.3) is 0 Å². The van der Waals surface area contributed by atoms with Gasteiger partial charge in [0.2, 0.25) is 0 Å². The Hall–Kier alpha value is -1.78. The Balaban J connectivity index is 2.29. The summed E-state index contributed by atoms with van der Waals surface area (Å²) in [6.45, 7) is 6.44. The molecule has 0 aliphatic carbocycles. The van der Waals surface area contributed by atoms with Crippen LogP contribution in [0.3, 0.4) is 0 Å². The van der Waals surface area contributed by atoms with E-state index in [1.807, 2.05) is 50.7 Å². The fraction of sp³-hybridized carbons (Fsp3) is 0.647. The van der Waals surface area contributed by atoms with Gasteiger partial charge in [-0.15, -0.1) is 0 Å². The van der Waals surface area contributed by atoms with Crippen LogP contribution in [0.1, 0.15) is 51.6 Å². The van der Waals surface area contributed by atoms with Crippen molar-refractivity contribution in [3.8, 4) is 0 Å². The Kier molecular flexibility index (Phi) is 4.94. The zero-order chi connectivity index (χ0) is 16.3. The lowest BCUT2D eigenvalue weighted by atomic mass is 9.96. The molecule has 122 valence electrons. The summed E-state index contributed by atoms with van der Waals surface area (Å²) in [4.78, 5) is 20.9. The van der Waals surface area contributed by atoms with Crippen LogP contribution in [0.15, 0.2) is 18.3 Å². The van der Waals surface area contributed by atoms with Crippen molar-refractivity contribution in [1.82, 2.24) is 9.88 Å². The average Bonchev–Trinajstić information content (AvgIpc) is 2.45. The molecule has 1 amide bonds.